The molecule has 1 saturated heterocycles. The van der Waals surface area contributed by atoms with Gasteiger partial charge in [-0.05, 0) is 68.4 Å². The van der Waals surface area contributed by atoms with Gasteiger partial charge in [0.05, 0.1) is 6.54 Å². The van der Waals surface area contributed by atoms with Gasteiger partial charge in [-0.2, -0.15) is 0 Å². The van der Waals surface area contributed by atoms with Crippen molar-refractivity contribution in [3.05, 3.63) is 82.1 Å². The highest BCUT2D eigenvalue weighted by Gasteiger charge is 2.28. The van der Waals surface area contributed by atoms with Crippen LogP contribution in [0.5, 0.6) is 0 Å². The lowest BCUT2D eigenvalue weighted by atomic mass is 10.0. The molecular formula is C27H34N4OS. The highest BCUT2D eigenvalue weighted by atomic mass is 32.1. The summed E-state index contributed by atoms with van der Waals surface area (Å²) < 4.78 is 0. The second-order valence-electron chi connectivity index (χ2n) is 9.17. The summed E-state index contributed by atoms with van der Waals surface area (Å²) in [5.41, 5.74) is 2.87. The molecule has 1 aliphatic rings. The van der Waals surface area contributed by atoms with E-state index in [0.29, 0.717) is 18.6 Å². The number of nitrogens with one attached hydrogen (secondary N) is 2. The summed E-state index contributed by atoms with van der Waals surface area (Å²) in [4.78, 5) is 20.7. The Balaban J connectivity index is 1.50. The summed E-state index contributed by atoms with van der Waals surface area (Å²) >= 11 is 5.88. The number of hydrogen-bond donors (Lipinski definition) is 2. The Labute approximate surface area is 201 Å². The van der Waals surface area contributed by atoms with Gasteiger partial charge in [-0.15, -0.1) is 0 Å². The van der Waals surface area contributed by atoms with E-state index in [-0.39, 0.29) is 5.56 Å². The molecule has 2 N–H and O–H groups in total. The van der Waals surface area contributed by atoms with Crippen LogP contribution in [0.2, 0.25) is 0 Å². The van der Waals surface area contributed by atoms with Gasteiger partial charge in [0.25, 0.3) is 5.56 Å². The van der Waals surface area contributed by atoms with Gasteiger partial charge in [-0.1, -0.05) is 48.5 Å². The Kier molecular flexibility index (Phi) is 7.78. The number of fused-ring (bicyclic) bond motifs is 1. The Morgan fingerprint density at radius 1 is 1.12 bits per heavy atom. The third kappa shape index (κ3) is 6.01. The first-order valence-corrected chi connectivity index (χ1v) is 12.4. The number of para-hydroxylation sites is 1. The molecule has 0 aliphatic carbocycles. The maximum absolute atomic E-state index is 12.9. The SMILES string of the molecule is CC(C)N1CCC(N(Cc2cc3ccccc3[nH]c2=O)C(=S)NCCc2ccccc2)CC1. The second kappa shape index (κ2) is 10.9. The van der Waals surface area contributed by atoms with Crippen LogP contribution in [-0.2, 0) is 13.0 Å². The molecule has 4 rings (SSSR count). The number of nitrogens with zero attached hydrogens (tertiary/aromatic N) is 2. The minimum atomic E-state index is -0.0367. The number of likely N-dealkylation sites (tertiary alicyclic amines) is 1. The number of rotatable bonds is 7. The summed E-state index contributed by atoms with van der Waals surface area (Å²) in [5, 5.41) is 5.25. The summed E-state index contributed by atoms with van der Waals surface area (Å²) in [5.74, 6) is 0. The fraction of sp³-hybridized carbons (Fsp3) is 0.407. The monoisotopic (exact) mass is 462 g/mol. The first-order chi connectivity index (χ1) is 16.0. The number of benzene rings is 2. The molecule has 174 valence electrons. The van der Waals surface area contributed by atoms with E-state index >= 15 is 0 Å². The number of aromatic nitrogens is 1. The molecule has 6 heteroatoms. The van der Waals surface area contributed by atoms with Gasteiger partial charge in [-0.3, -0.25) is 4.79 Å². The number of H-pyrrole nitrogens is 1. The van der Waals surface area contributed by atoms with Crippen molar-refractivity contribution in [3.63, 3.8) is 0 Å². The molecule has 1 aliphatic heterocycles. The Morgan fingerprint density at radius 2 is 1.82 bits per heavy atom. The molecule has 0 radical (unpaired) electrons. The lowest BCUT2D eigenvalue weighted by Crippen LogP contribution is -2.51. The normalized spacial score (nSPS) is 15.1. The molecular weight excluding hydrogens is 428 g/mol. The van der Waals surface area contributed by atoms with Crippen LogP contribution in [0, 0.1) is 0 Å². The van der Waals surface area contributed by atoms with Crippen molar-refractivity contribution in [1.29, 1.82) is 0 Å². The lowest BCUT2D eigenvalue weighted by Gasteiger charge is -2.41. The van der Waals surface area contributed by atoms with Crippen LogP contribution in [0.3, 0.4) is 0 Å². The summed E-state index contributed by atoms with van der Waals surface area (Å²) in [6, 6.07) is 21.2. The maximum Gasteiger partial charge on any atom is 0.253 e. The smallest absolute Gasteiger partial charge is 0.253 e. The van der Waals surface area contributed by atoms with Crippen LogP contribution in [0.4, 0.5) is 0 Å². The van der Waals surface area contributed by atoms with Gasteiger partial charge in [-0.25, -0.2) is 0 Å². The number of thiocarbonyl (C=S) groups is 1. The van der Waals surface area contributed by atoms with Crippen LogP contribution in [0.1, 0.15) is 37.8 Å². The first kappa shape index (κ1) is 23.5. The van der Waals surface area contributed by atoms with Gasteiger partial charge in [0.1, 0.15) is 0 Å². The molecule has 1 fully saturated rings. The molecule has 3 aromatic rings. The van der Waals surface area contributed by atoms with Crippen molar-refractivity contribution in [2.75, 3.05) is 19.6 Å². The second-order valence-corrected chi connectivity index (χ2v) is 9.55. The van der Waals surface area contributed by atoms with E-state index in [4.69, 9.17) is 12.2 Å². The third-order valence-corrected chi connectivity index (χ3v) is 7.01. The van der Waals surface area contributed by atoms with Crippen molar-refractivity contribution in [2.45, 2.75) is 51.7 Å². The van der Waals surface area contributed by atoms with Gasteiger partial charge >= 0.3 is 0 Å². The lowest BCUT2D eigenvalue weighted by molar-refractivity contribution is 0.124. The number of pyridine rings is 1. The predicted molar refractivity (Wildman–Crippen MR) is 141 cm³/mol. The van der Waals surface area contributed by atoms with Crippen LogP contribution in [0.25, 0.3) is 10.9 Å². The van der Waals surface area contributed by atoms with Crippen LogP contribution < -0.4 is 10.9 Å². The van der Waals surface area contributed by atoms with E-state index in [1.165, 1.54) is 5.56 Å². The van der Waals surface area contributed by atoms with Gasteiger partial charge in [0.15, 0.2) is 5.11 Å². The van der Waals surface area contributed by atoms with Crippen molar-refractivity contribution >= 4 is 28.2 Å². The zero-order valence-corrected chi connectivity index (χ0v) is 20.4. The fourth-order valence-electron chi connectivity index (χ4n) is 4.63. The van der Waals surface area contributed by atoms with E-state index in [2.05, 4.69) is 58.2 Å². The molecule has 0 bridgehead atoms. The minimum absolute atomic E-state index is 0.0367. The van der Waals surface area contributed by atoms with Gasteiger partial charge in [0.2, 0.25) is 0 Å². The molecule has 5 nitrogen and oxygen atoms in total. The molecule has 0 amide bonds. The van der Waals surface area contributed by atoms with E-state index in [1.54, 1.807) is 0 Å². The van der Waals surface area contributed by atoms with E-state index < -0.39 is 0 Å². The van der Waals surface area contributed by atoms with E-state index in [0.717, 1.165) is 60.5 Å². The highest BCUT2D eigenvalue weighted by molar-refractivity contribution is 7.80. The molecule has 0 unspecified atom stereocenters. The van der Waals surface area contributed by atoms with Crippen LogP contribution in [0.15, 0.2) is 65.5 Å². The zero-order valence-electron chi connectivity index (χ0n) is 19.6. The fourth-order valence-corrected chi connectivity index (χ4v) is 4.95. The molecule has 0 spiro atoms. The maximum atomic E-state index is 12.9. The molecule has 2 aromatic carbocycles. The van der Waals surface area contributed by atoms with Crippen LogP contribution >= 0.6 is 12.2 Å². The average Bonchev–Trinajstić information content (AvgIpc) is 2.83. The predicted octanol–water partition coefficient (Wildman–Crippen LogP) is 4.32. The molecule has 0 atom stereocenters. The van der Waals surface area contributed by atoms with Gasteiger partial charge < -0.3 is 20.1 Å². The Morgan fingerprint density at radius 3 is 2.55 bits per heavy atom. The standard InChI is InChI=1S/C27H34N4OS/c1-20(2)30-16-13-24(14-17-30)31(27(33)28-15-12-21-8-4-3-5-9-21)19-23-18-22-10-6-7-11-25(22)29-26(23)32/h3-11,18,20,24H,12-17,19H2,1-2H3,(H,28,33)(H,29,32). The topological polar surface area (TPSA) is 51.4 Å². The summed E-state index contributed by atoms with van der Waals surface area (Å²) in [7, 11) is 0. The number of aromatic amines is 1. The third-order valence-electron chi connectivity index (χ3n) is 6.63. The van der Waals surface area contributed by atoms with Crippen molar-refractivity contribution in [2.24, 2.45) is 0 Å². The average molecular weight is 463 g/mol. The molecule has 1 aromatic heterocycles. The largest absolute Gasteiger partial charge is 0.362 e. The van der Waals surface area contributed by atoms with E-state index in [9.17, 15) is 4.79 Å². The molecule has 2 heterocycles. The van der Waals surface area contributed by atoms with Gasteiger partial charge in [0, 0.05) is 42.8 Å². The quantitative estimate of drug-likeness (QED) is 0.512. The Bertz CT molecular complexity index is 1120. The number of piperidine rings is 1. The van der Waals surface area contributed by atoms with Crippen molar-refractivity contribution in [3.8, 4) is 0 Å². The van der Waals surface area contributed by atoms with E-state index in [1.807, 2.05) is 36.4 Å². The Hall–Kier alpha value is -2.70. The summed E-state index contributed by atoms with van der Waals surface area (Å²) in [6.07, 6.45) is 3.01. The first-order valence-electron chi connectivity index (χ1n) is 11.9. The van der Waals surface area contributed by atoms with Crippen LogP contribution in [-0.4, -0.2) is 51.6 Å². The van der Waals surface area contributed by atoms with Crippen molar-refractivity contribution in [1.82, 2.24) is 20.1 Å². The minimum Gasteiger partial charge on any atom is -0.362 e. The number of hydrogen-bond acceptors (Lipinski definition) is 3. The van der Waals surface area contributed by atoms with Crippen molar-refractivity contribution < 1.29 is 0 Å². The highest BCUT2D eigenvalue weighted by Crippen LogP contribution is 2.21. The molecule has 33 heavy (non-hydrogen) atoms. The molecule has 0 saturated carbocycles. The zero-order chi connectivity index (χ0) is 23.2. The summed E-state index contributed by atoms with van der Waals surface area (Å²) in [6.45, 7) is 7.91.